The van der Waals surface area contributed by atoms with E-state index in [1.165, 1.54) is 0 Å². The van der Waals surface area contributed by atoms with E-state index in [9.17, 15) is 4.79 Å². The number of rotatable bonds is 11. The highest BCUT2D eigenvalue weighted by molar-refractivity contribution is 5.80. The van der Waals surface area contributed by atoms with Crippen molar-refractivity contribution in [2.45, 2.75) is 45.4 Å². The lowest BCUT2D eigenvalue weighted by Gasteiger charge is -2.22. The van der Waals surface area contributed by atoms with Gasteiger partial charge in [-0.1, -0.05) is 25.1 Å². The first-order valence-electron chi connectivity index (χ1n) is 12.3. The van der Waals surface area contributed by atoms with Crippen molar-refractivity contribution in [2.75, 3.05) is 43.4 Å². The molecule has 1 aromatic carbocycles. The van der Waals surface area contributed by atoms with Crippen LogP contribution in [-0.2, 0) is 19.9 Å². The zero-order valence-electron chi connectivity index (χ0n) is 19.9. The summed E-state index contributed by atoms with van der Waals surface area (Å²) in [5, 5.41) is 8.03. The van der Waals surface area contributed by atoms with Crippen LogP contribution in [-0.4, -0.2) is 52.2 Å². The van der Waals surface area contributed by atoms with Crippen molar-refractivity contribution in [3.63, 3.8) is 0 Å². The van der Waals surface area contributed by atoms with Gasteiger partial charge in [0.25, 0.3) is 5.56 Å². The molecule has 0 amide bonds. The van der Waals surface area contributed by atoms with Crippen LogP contribution < -0.4 is 16.2 Å². The van der Waals surface area contributed by atoms with E-state index in [4.69, 9.17) is 9.97 Å². The minimum absolute atomic E-state index is 0.114. The van der Waals surface area contributed by atoms with Crippen molar-refractivity contribution in [3.05, 3.63) is 58.0 Å². The molecule has 4 rings (SSSR count). The predicted octanol–water partition coefficient (Wildman–Crippen LogP) is 3.83. The van der Waals surface area contributed by atoms with E-state index >= 15 is 0 Å². The topological polar surface area (TPSA) is 75.1 Å². The summed E-state index contributed by atoms with van der Waals surface area (Å²) in [4.78, 5) is 24.6. The molecule has 0 spiro atoms. The molecule has 7 nitrogen and oxygen atoms in total. The minimum atomic E-state index is 0.114. The van der Waals surface area contributed by atoms with E-state index in [2.05, 4.69) is 34.6 Å². The van der Waals surface area contributed by atoms with Gasteiger partial charge in [-0.05, 0) is 69.8 Å². The fraction of sp³-hybridized carbons (Fsp3) is 0.500. The van der Waals surface area contributed by atoms with E-state index in [0.29, 0.717) is 5.95 Å². The van der Waals surface area contributed by atoms with Gasteiger partial charge in [0.05, 0.1) is 11.2 Å². The van der Waals surface area contributed by atoms with E-state index in [1.54, 1.807) is 4.57 Å². The van der Waals surface area contributed by atoms with Gasteiger partial charge in [0, 0.05) is 37.6 Å². The minimum Gasteiger partial charge on any atom is -0.369 e. The number of aryl methyl sites for hydroxylation is 1. The third-order valence-electron chi connectivity index (χ3n) is 6.37. The second-order valence-electron chi connectivity index (χ2n) is 8.87. The summed E-state index contributed by atoms with van der Waals surface area (Å²) in [6.07, 6.45) is 6.13. The Kier molecular flexibility index (Phi) is 7.94. The maximum Gasteiger partial charge on any atom is 0.258 e. The second kappa shape index (κ2) is 11.3. The summed E-state index contributed by atoms with van der Waals surface area (Å²) in [6, 6.07) is 12.4. The average molecular weight is 449 g/mol. The van der Waals surface area contributed by atoms with Gasteiger partial charge in [0.1, 0.15) is 5.82 Å². The van der Waals surface area contributed by atoms with E-state index in [0.717, 1.165) is 99.2 Å². The largest absolute Gasteiger partial charge is 0.369 e. The molecule has 2 aromatic heterocycles. The molecular weight excluding hydrogens is 412 g/mol. The highest BCUT2D eigenvalue weighted by Gasteiger charge is 2.17. The Morgan fingerprint density at radius 1 is 0.970 bits per heavy atom. The Morgan fingerprint density at radius 3 is 2.70 bits per heavy atom. The van der Waals surface area contributed by atoms with Gasteiger partial charge < -0.3 is 15.5 Å². The first-order chi connectivity index (χ1) is 16.2. The van der Waals surface area contributed by atoms with Crippen LogP contribution in [0.15, 0.2) is 41.2 Å². The van der Waals surface area contributed by atoms with Gasteiger partial charge in [-0.3, -0.25) is 9.36 Å². The smallest absolute Gasteiger partial charge is 0.258 e. The van der Waals surface area contributed by atoms with Gasteiger partial charge in [0.2, 0.25) is 5.95 Å². The van der Waals surface area contributed by atoms with Crippen LogP contribution in [0.5, 0.6) is 0 Å². The Labute approximate surface area is 196 Å². The summed E-state index contributed by atoms with van der Waals surface area (Å²) in [6.45, 7) is 6.93. The van der Waals surface area contributed by atoms with Gasteiger partial charge in [-0.2, -0.15) is 0 Å². The summed E-state index contributed by atoms with van der Waals surface area (Å²) in [5.74, 6) is 1.62. The summed E-state index contributed by atoms with van der Waals surface area (Å²) < 4.78 is 1.68. The molecule has 0 atom stereocenters. The molecule has 1 aliphatic rings. The number of pyridine rings is 1. The van der Waals surface area contributed by atoms with Crippen LogP contribution in [0.2, 0.25) is 0 Å². The van der Waals surface area contributed by atoms with Gasteiger partial charge in [-0.25, -0.2) is 9.97 Å². The Balaban J connectivity index is 1.25. The highest BCUT2D eigenvalue weighted by Crippen LogP contribution is 2.18. The van der Waals surface area contributed by atoms with Crippen LogP contribution >= 0.6 is 0 Å². The molecule has 1 aliphatic carbocycles. The molecular formula is C26H36N6O. The zero-order valence-corrected chi connectivity index (χ0v) is 19.9. The first kappa shape index (κ1) is 23.2. The van der Waals surface area contributed by atoms with E-state index in [1.807, 2.05) is 31.3 Å². The molecule has 0 radical (unpaired) electrons. The molecule has 2 heterocycles. The highest BCUT2D eigenvalue weighted by atomic mass is 16.1. The van der Waals surface area contributed by atoms with Crippen LogP contribution in [0.3, 0.4) is 0 Å². The molecule has 3 aromatic rings. The molecule has 0 bridgehead atoms. The molecule has 176 valence electrons. The maximum absolute atomic E-state index is 12.6. The standard InChI is InChI=1S/C26H36N6O/c1-3-17-32(19-16-27-24-14-13-20-9-4-6-11-22(20)29-24)18-8-15-28-26-30-23-12-7-5-10-21(23)25(33)31(26)2/h4,6,9,11,13-14H,3,5,7-8,10,12,15-19H2,1-2H3,(H,27,29)(H,28,30). The van der Waals surface area contributed by atoms with Crippen LogP contribution in [0, 0.1) is 0 Å². The van der Waals surface area contributed by atoms with E-state index in [-0.39, 0.29) is 5.56 Å². The average Bonchev–Trinajstić information content (AvgIpc) is 2.84. The molecule has 0 saturated carbocycles. The third-order valence-corrected chi connectivity index (χ3v) is 6.37. The number of anilines is 2. The number of nitrogens with zero attached hydrogens (tertiary/aromatic N) is 4. The predicted molar refractivity (Wildman–Crippen MR) is 136 cm³/mol. The van der Waals surface area contributed by atoms with Crippen molar-refractivity contribution in [2.24, 2.45) is 7.05 Å². The molecule has 33 heavy (non-hydrogen) atoms. The number of hydrogen-bond acceptors (Lipinski definition) is 6. The molecule has 0 aliphatic heterocycles. The monoisotopic (exact) mass is 448 g/mol. The fourth-order valence-electron chi connectivity index (χ4n) is 4.56. The normalized spacial score (nSPS) is 13.3. The maximum atomic E-state index is 12.6. The van der Waals surface area contributed by atoms with Crippen molar-refractivity contribution in [1.82, 2.24) is 19.4 Å². The first-order valence-corrected chi connectivity index (χ1v) is 12.3. The number of hydrogen-bond donors (Lipinski definition) is 2. The lowest BCUT2D eigenvalue weighted by atomic mass is 9.97. The lowest BCUT2D eigenvalue weighted by molar-refractivity contribution is 0.283. The molecule has 0 unspecified atom stereocenters. The van der Waals surface area contributed by atoms with Crippen molar-refractivity contribution < 1.29 is 0 Å². The molecule has 7 heteroatoms. The molecule has 0 saturated heterocycles. The lowest BCUT2D eigenvalue weighted by Crippen LogP contribution is -2.32. The van der Waals surface area contributed by atoms with Crippen molar-refractivity contribution >= 4 is 22.7 Å². The molecule has 0 fully saturated rings. The quantitative estimate of drug-likeness (QED) is 0.434. The zero-order chi connectivity index (χ0) is 23.0. The third kappa shape index (κ3) is 5.90. The number of benzene rings is 1. The van der Waals surface area contributed by atoms with Crippen molar-refractivity contribution in [1.29, 1.82) is 0 Å². The SMILES string of the molecule is CCCN(CCCNc1nc2c(c(=O)n1C)CCCC2)CCNc1ccc2ccccc2n1. The number of nitrogens with one attached hydrogen (secondary N) is 2. The number of fused-ring (bicyclic) bond motifs is 2. The van der Waals surface area contributed by atoms with E-state index < -0.39 is 0 Å². The Morgan fingerprint density at radius 2 is 1.82 bits per heavy atom. The second-order valence-corrected chi connectivity index (χ2v) is 8.87. The van der Waals surface area contributed by atoms with Gasteiger partial charge in [0.15, 0.2) is 0 Å². The number of aromatic nitrogens is 3. The summed E-state index contributed by atoms with van der Waals surface area (Å²) in [5.41, 5.74) is 3.04. The van der Waals surface area contributed by atoms with Crippen LogP contribution in [0.25, 0.3) is 10.9 Å². The van der Waals surface area contributed by atoms with Gasteiger partial charge in [-0.15, -0.1) is 0 Å². The van der Waals surface area contributed by atoms with Crippen molar-refractivity contribution in [3.8, 4) is 0 Å². The van der Waals surface area contributed by atoms with Crippen LogP contribution in [0.4, 0.5) is 11.8 Å². The summed E-state index contributed by atoms with van der Waals surface area (Å²) in [7, 11) is 1.82. The Hall–Kier alpha value is -2.93. The van der Waals surface area contributed by atoms with Crippen LogP contribution in [0.1, 0.15) is 43.9 Å². The fourth-order valence-corrected chi connectivity index (χ4v) is 4.56. The Bertz CT molecular complexity index is 1130. The summed E-state index contributed by atoms with van der Waals surface area (Å²) >= 11 is 0. The number of para-hydroxylation sites is 1. The molecule has 2 N–H and O–H groups in total. The van der Waals surface area contributed by atoms with Gasteiger partial charge >= 0.3 is 0 Å².